The smallest absolute Gasteiger partial charge is 0.219 e. The van der Waals surface area contributed by atoms with Gasteiger partial charge in [0, 0.05) is 13.6 Å². The lowest BCUT2D eigenvalue weighted by Crippen LogP contribution is -2.37. The molecule has 0 bridgehead atoms. The lowest BCUT2D eigenvalue weighted by molar-refractivity contribution is 0.524. The highest BCUT2D eigenvalue weighted by Crippen LogP contribution is 2.34. The molecule has 0 aliphatic heterocycles. The number of benzene rings is 2. The summed E-state index contributed by atoms with van der Waals surface area (Å²) in [6, 6.07) is 9.79. The van der Waals surface area contributed by atoms with Crippen molar-refractivity contribution in [2.75, 3.05) is 13.6 Å². The standard InChI is InChI=1S/C18H21FN2O4S2/c1-20-27(24,25)21-12-14-5-2-4-13-10-17(8-9-18(13)14)26(22,23)16-7-3-6-15(19)11-16/h3,6-11,14,20-21H,2,4-5,12H2,1H3/t14-/m0/s1. The van der Waals surface area contributed by atoms with Crippen LogP contribution in [0.25, 0.3) is 0 Å². The van der Waals surface area contributed by atoms with Crippen molar-refractivity contribution in [1.82, 2.24) is 9.44 Å². The highest BCUT2D eigenvalue weighted by Gasteiger charge is 2.25. The molecule has 2 aromatic carbocycles. The van der Waals surface area contributed by atoms with Gasteiger partial charge in [0.15, 0.2) is 0 Å². The number of halogens is 1. The summed E-state index contributed by atoms with van der Waals surface area (Å²) < 4.78 is 66.9. The van der Waals surface area contributed by atoms with Crippen molar-refractivity contribution >= 4 is 20.0 Å². The van der Waals surface area contributed by atoms with E-state index in [2.05, 4.69) is 9.44 Å². The Morgan fingerprint density at radius 2 is 1.81 bits per heavy atom. The first kappa shape index (κ1) is 19.9. The van der Waals surface area contributed by atoms with Crippen molar-refractivity contribution in [3.63, 3.8) is 0 Å². The van der Waals surface area contributed by atoms with Gasteiger partial charge in [0.05, 0.1) is 9.79 Å². The third-order valence-electron chi connectivity index (χ3n) is 4.76. The van der Waals surface area contributed by atoms with Gasteiger partial charge in [0.25, 0.3) is 10.2 Å². The summed E-state index contributed by atoms with van der Waals surface area (Å²) in [5.41, 5.74) is 1.82. The molecule has 2 N–H and O–H groups in total. The number of nitrogens with one attached hydrogen (secondary N) is 2. The van der Waals surface area contributed by atoms with Crippen LogP contribution >= 0.6 is 0 Å². The summed E-state index contributed by atoms with van der Waals surface area (Å²) in [6.45, 7) is 0.242. The molecule has 1 aliphatic rings. The molecule has 1 aliphatic carbocycles. The number of aryl methyl sites for hydroxylation is 1. The monoisotopic (exact) mass is 412 g/mol. The van der Waals surface area contributed by atoms with Gasteiger partial charge in [-0.3, -0.25) is 0 Å². The second-order valence-electron chi connectivity index (χ2n) is 6.47. The SMILES string of the molecule is CNS(=O)(=O)NC[C@@H]1CCCc2cc(S(=O)(=O)c3cccc(F)c3)ccc21. The minimum absolute atomic E-state index is 0.0252. The highest BCUT2D eigenvalue weighted by molar-refractivity contribution is 7.91. The molecular weight excluding hydrogens is 391 g/mol. The fourth-order valence-electron chi connectivity index (χ4n) is 3.32. The van der Waals surface area contributed by atoms with E-state index >= 15 is 0 Å². The Morgan fingerprint density at radius 3 is 2.52 bits per heavy atom. The molecule has 0 unspecified atom stereocenters. The zero-order valence-corrected chi connectivity index (χ0v) is 16.4. The van der Waals surface area contributed by atoms with Gasteiger partial charge >= 0.3 is 0 Å². The molecule has 0 spiro atoms. The molecule has 0 radical (unpaired) electrons. The maximum absolute atomic E-state index is 13.4. The Hall–Kier alpha value is -1.81. The summed E-state index contributed by atoms with van der Waals surface area (Å²) in [5, 5.41) is 0. The lowest BCUT2D eigenvalue weighted by atomic mass is 9.83. The third-order valence-corrected chi connectivity index (χ3v) is 7.59. The summed E-state index contributed by atoms with van der Waals surface area (Å²) in [5.74, 6) is -0.631. The third kappa shape index (κ3) is 4.37. The summed E-state index contributed by atoms with van der Waals surface area (Å²) >= 11 is 0. The molecule has 9 heteroatoms. The molecule has 27 heavy (non-hydrogen) atoms. The molecule has 6 nitrogen and oxygen atoms in total. The topological polar surface area (TPSA) is 92.3 Å². The predicted octanol–water partition coefficient (Wildman–Crippen LogP) is 2.13. The van der Waals surface area contributed by atoms with E-state index in [0.717, 1.165) is 36.5 Å². The van der Waals surface area contributed by atoms with Crippen molar-refractivity contribution in [3.05, 3.63) is 59.4 Å². The van der Waals surface area contributed by atoms with E-state index in [1.807, 2.05) is 0 Å². The van der Waals surface area contributed by atoms with Gasteiger partial charge in [-0.05, 0) is 66.6 Å². The van der Waals surface area contributed by atoms with Crippen molar-refractivity contribution < 1.29 is 21.2 Å². The van der Waals surface area contributed by atoms with Crippen LogP contribution in [0, 0.1) is 5.82 Å². The van der Waals surface area contributed by atoms with Crippen LogP contribution in [0.3, 0.4) is 0 Å². The van der Waals surface area contributed by atoms with Crippen LogP contribution in [0.1, 0.15) is 29.9 Å². The number of fused-ring (bicyclic) bond motifs is 1. The molecule has 0 aromatic heterocycles. The number of hydrogen-bond acceptors (Lipinski definition) is 4. The summed E-state index contributed by atoms with van der Waals surface area (Å²) in [6.07, 6.45) is 2.37. The van der Waals surface area contributed by atoms with Gasteiger partial charge in [0.1, 0.15) is 5.82 Å². The van der Waals surface area contributed by atoms with E-state index < -0.39 is 25.9 Å². The van der Waals surface area contributed by atoms with Crippen LogP contribution in [0.15, 0.2) is 52.3 Å². The van der Waals surface area contributed by atoms with Gasteiger partial charge in [-0.25, -0.2) is 22.3 Å². The molecule has 0 saturated heterocycles. The maximum atomic E-state index is 13.4. The summed E-state index contributed by atoms with van der Waals surface area (Å²) in [7, 11) is -6.00. The number of sulfone groups is 1. The largest absolute Gasteiger partial charge is 0.276 e. The number of hydrogen-bond donors (Lipinski definition) is 2. The van der Waals surface area contributed by atoms with Crippen LogP contribution in [0.4, 0.5) is 4.39 Å². The Bertz CT molecular complexity index is 1050. The Kier molecular flexibility index (Phi) is 5.66. The van der Waals surface area contributed by atoms with Gasteiger partial charge in [-0.2, -0.15) is 8.42 Å². The molecule has 146 valence electrons. The van der Waals surface area contributed by atoms with E-state index in [0.29, 0.717) is 0 Å². The van der Waals surface area contributed by atoms with E-state index in [1.54, 1.807) is 12.1 Å². The molecule has 0 fully saturated rings. The van der Waals surface area contributed by atoms with Crippen molar-refractivity contribution in [3.8, 4) is 0 Å². The highest BCUT2D eigenvalue weighted by atomic mass is 32.2. The van der Waals surface area contributed by atoms with Crippen LogP contribution in [-0.2, 0) is 26.5 Å². The molecule has 0 saturated carbocycles. The minimum atomic E-state index is -3.81. The Morgan fingerprint density at radius 1 is 1.07 bits per heavy atom. The van der Waals surface area contributed by atoms with E-state index in [9.17, 15) is 21.2 Å². The van der Waals surface area contributed by atoms with E-state index in [4.69, 9.17) is 0 Å². The fourth-order valence-corrected chi connectivity index (χ4v) is 5.23. The second kappa shape index (κ2) is 7.67. The van der Waals surface area contributed by atoms with Crippen molar-refractivity contribution in [2.24, 2.45) is 0 Å². The predicted molar refractivity (Wildman–Crippen MR) is 100.0 cm³/mol. The molecule has 0 heterocycles. The first-order chi connectivity index (χ1) is 12.7. The summed E-state index contributed by atoms with van der Waals surface area (Å²) in [4.78, 5) is 0.0277. The molecular formula is C18H21FN2O4S2. The van der Waals surface area contributed by atoms with Gasteiger partial charge < -0.3 is 0 Å². The second-order valence-corrected chi connectivity index (χ2v) is 10.1. The van der Waals surface area contributed by atoms with Crippen LogP contribution in [-0.4, -0.2) is 30.4 Å². The van der Waals surface area contributed by atoms with E-state index in [1.165, 1.54) is 31.3 Å². The van der Waals surface area contributed by atoms with Crippen LogP contribution in [0.2, 0.25) is 0 Å². The molecule has 0 amide bonds. The normalized spacial score (nSPS) is 17.5. The minimum Gasteiger partial charge on any atom is -0.219 e. The van der Waals surface area contributed by atoms with Crippen molar-refractivity contribution in [1.29, 1.82) is 0 Å². The maximum Gasteiger partial charge on any atom is 0.276 e. The van der Waals surface area contributed by atoms with Gasteiger partial charge in [-0.1, -0.05) is 12.1 Å². The zero-order valence-electron chi connectivity index (χ0n) is 14.8. The van der Waals surface area contributed by atoms with Gasteiger partial charge in [0.2, 0.25) is 9.84 Å². The Balaban J connectivity index is 1.90. The average Bonchev–Trinajstić information content (AvgIpc) is 2.66. The molecule has 1 atom stereocenters. The molecule has 3 rings (SSSR count). The number of rotatable bonds is 6. The first-order valence-electron chi connectivity index (χ1n) is 8.54. The lowest BCUT2D eigenvalue weighted by Gasteiger charge is -2.26. The average molecular weight is 413 g/mol. The van der Waals surface area contributed by atoms with Crippen LogP contribution < -0.4 is 9.44 Å². The quantitative estimate of drug-likeness (QED) is 0.760. The molecule has 2 aromatic rings. The van der Waals surface area contributed by atoms with E-state index in [-0.39, 0.29) is 22.3 Å². The first-order valence-corrected chi connectivity index (χ1v) is 11.5. The fraction of sp³-hybridized carbons (Fsp3) is 0.333. The Labute approximate surface area is 158 Å². The van der Waals surface area contributed by atoms with Crippen molar-refractivity contribution in [2.45, 2.75) is 35.0 Å². The van der Waals surface area contributed by atoms with Crippen LogP contribution in [0.5, 0.6) is 0 Å². The zero-order chi connectivity index (χ0) is 19.7. The van der Waals surface area contributed by atoms with Gasteiger partial charge in [-0.15, -0.1) is 0 Å².